The number of alkyl carbamates (subject to hydrolysis) is 1. The predicted octanol–water partition coefficient (Wildman–Crippen LogP) is 0.245. The average molecular weight is 763 g/mol. The van der Waals surface area contributed by atoms with Crippen LogP contribution >= 0.6 is 0 Å². The highest BCUT2D eigenvalue weighted by atomic mass is 16.5. The van der Waals surface area contributed by atoms with Gasteiger partial charge in [-0.1, -0.05) is 74.5 Å². The Hall–Kier alpha value is -6.46. The first kappa shape index (κ1) is 42.9. The summed E-state index contributed by atoms with van der Waals surface area (Å²) in [6, 6.07) is 12.9. The van der Waals surface area contributed by atoms with E-state index in [4.69, 9.17) is 16.2 Å². The molecular weight excluding hydrogens is 712 g/mol. The van der Waals surface area contributed by atoms with E-state index in [2.05, 4.69) is 41.5 Å². The molecule has 4 atom stereocenters. The van der Waals surface area contributed by atoms with Crippen LogP contribution in [0.2, 0.25) is 0 Å². The first-order chi connectivity index (χ1) is 26.3. The van der Waals surface area contributed by atoms with E-state index in [0.717, 1.165) is 5.56 Å². The number of carboxylic acids is 1. The monoisotopic (exact) mass is 762 g/mol. The third kappa shape index (κ3) is 16.4. The third-order valence-corrected chi connectivity index (χ3v) is 8.06. The molecule has 3 aromatic rings. The molecule has 5 amide bonds. The van der Waals surface area contributed by atoms with E-state index < -0.39 is 66.4 Å². The van der Waals surface area contributed by atoms with Gasteiger partial charge in [0.2, 0.25) is 23.6 Å². The van der Waals surface area contributed by atoms with Crippen LogP contribution in [0.4, 0.5) is 4.79 Å². The molecule has 3 rings (SSSR count). The Labute approximate surface area is 318 Å². The minimum atomic E-state index is -1.25. The lowest BCUT2D eigenvalue weighted by Crippen LogP contribution is -2.58. The lowest BCUT2D eigenvalue weighted by atomic mass is 10.0. The Morgan fingerprint density at radius 2 is 1.42 bits per heavy atom. The molecule has 0 aliphatic carbocycles. The highest BCUT2D eigenvalue weighted by molar-refractivity contribution is 5.95. The molecule has 296 valence electrons. The van der Waals surface area contributed by atoms with E-state index in [0.29, 0.717) is 17.7 Å². The number of carbonyl (C=O) groups excluding carboxylic acids is 5. The van der Waals surface area contributed by atoms with Gasteiger partial charge < -0.3 is 52.9 Å². The minimum Gasteiger partial charge on any atom is -0.480 e. The molecule has 0 saturated heterocycles. The number of nitrogens with two attached hydrogens (primary N) is 2. The van der Waals surface area contributed by atoms with Gasteiger partial charge in [0, 0.05) is 31.3 Å². The van der Waals surface area contributed by atoms with E-state index in [-0.39, 0.29) is 50.7 Å². The van der Waals surface area contributed by atoms with Crippen LogP contribution in [0.1, 0.15) is 49.9 Å². The molecule has 55 heavy (non-hydrogen) atoms. The summed E-state index contributed by atoms with van der Waals surface area (Å²) in [7, 11) is 0. The number of ether oxygens (including phenoxy) is 1. The molecule has 0 fully saturated rings. The number of carbonyl (C=O) groups is 6. The summed E-state index contributed by atoms with van der Waals surface area (Å²) in [5, 5.41) is 22.5. The van der Waals surface area contributed by atoms with E-state index >= 15 is 0 Å². The number of hydrogen-bond acceptors (Lipinski definition) is 9. The van der Waals surface area contributed by atoms with E-state index in [1.807, 2.05) is 19.9 Å². The lowest BCUT2D eigenvalue weighted by molar-refractivity contribution is -0.142. The van der Waals surface area contributed by atoms with Crippen LogP contribution < -0.4 is 38.1 Å². The summed E-state index contributed by atoms with van der Waals surface area (Å²) in [6.45, 7) is 3.20. The van der Waals surface area contributed by atoms with Gasteiger partial charge in [0.25, 0.3) is 0 Å². The van der Waals surface area contributed by atoms with Gasteiger partial charge in [-0.05, 0) is 36.3 Å². The summed E-state index contributed by atoms with van der Waals surface area (Å²) < 4.78 is 5.26. The van der Waals surface area contributed by atoms with Crippen molar-refractivity contribution in [2.24, 2.45) is 22.4 Å². The van der Waals surface area contributed by atoms with Crippen molar-refractivity contribution < 1.29 is 38.6 Å². The summed E-state index contributed by atoms with van der Waals surface area (Å²) >= 11 is 0. The number of nitrogens with zero attached hydrogens (tertiary/aromatic N) is 2. The zero-order chi connectivity index (χ0) is 40.2. The number of imidazole rings is 1. The number of carboxylic acid groups (broad SMARTS) is 1. The Morgan fingerprint density at radius 3 is 2.00 bits per heavy atom. The molecule has 0 aliphatic rings. The van der Waals surface area contributed by atoms with Crippen molar-refractivity contribution in [1.82, 2.24) is 36.6 Å². The van der Waals surface area contributed by atoms with Crippen molar-refractivity contribution in [3.05, 3.63) is 90.0 Å². The van der Waals surface area contributed by atoms with Gasteiger partial charge in [-0.2, -0.15) is 0 Å². The van der Waals surface area contributed by atoms with Gasteiger partial charge in [-0.3, -0.25) is 24.2 Å². The van der Waals surface area contributed by atoms with E-state index in [9.17, 15) is 33.9 Å². The van der Waals surface area contributed by atoms with Crippen LogP contribution in [-0.2, 0) is 48.2 Å². The predicted molar refractivity (Wildman–Crippen MR) is 202 cm³/mol. The molecule has 18 heteroatoms. The summed E-state index contributed by atoms with van der Waals surface area (Å²) in [5.41, 5.74) is 12.7. The molecule has 2 aromatic carbocycles. The van der Waals surface area contributed by atoms with Crippen molar-refractivity contribution in [2.75, 3.05) is 13.1 Å². The number of aliphatic carboxylic acids is 1. The number of guanidine groups is 1. The maximum atomic E-state index is 13.8. The van der Waals surface area contributed by atoms with Crippen LogP contribution in [0, 0.1) is 5.92 Å². The fraction of sp³-hybridized carbons (Fsp3) is 0.405. The van der Waals surface area contributed by atoms with Gasteiger partial charge in [0.05, 0.1) is 12.9 Å². The van der Waals surface area contributed by atoms with Crippen LogP contribution in [0.3, 0.4) is 0 Å². The van der Waals surface area contributed by atoms with Crippen molar-refractivity contribution in [3.8, 4) is 0 Å². The Balaban J connectivity index is 1.72. The topological polar surface area (TPSA) is 285 Å². The number of amides is 5. The first-order valence-electron chi connectivity index (χ1n) is 17.7. The van der Waals surface area contributed by atoms with Crippen molar-refractivity contribution in [3.63, 3.8) is 0 Å². The Morgan fingerprint density at radius 1 is 0.800 bits per heavy atom. The van der Waals surface area contributed by atoms with Gasteiger partial charge in [-0.25, -0.2) is 14.6 Å². The van der Waals surface area contributed by atoms with Crippen LogP contribution in [-0.4, -0.2) is 94.0 Å². The van der Waals surface area contributed by atoms with Crippen LogP contribution in [0.25, 0.3) is 0 Å². The maximum Gasteiger partial charge on any atom is 0.408 e. The maximum absolute atomic E-state index is 13.8. The molecule has 0 aliphatic heterocycles. The van der Waals surface area contributed by atoms with Gasteiger partial charge in [0.1, 0.15) is 30.8 Å². The first-order valence-corrected chi connectivity index (χ1v) is 17.7. The highest BCUT2D eigenvalue weighted by Crippen LogP contribution is 2.09. The van der Waals surface area contributed by atoms with Crippen molar-refractivity contribution >= 4 is 41.7 Å². The summed E-state index contributed by atoms with van der Waals surface area (Å²) in [5.74, 6) is -4.32. The molecule has 0 bridgehead atoms. The normalized spacial score (nSPS) is 12.9. The summed E-state index contributed by atoms with van der Waals surface area (Å²) in [4.78, 5) is 89.0. The molecule has 1 heterocycles. The van der Waals surface area contributed by atoms with Gasteiger partial charge >= 0.3 is 12.1 Å². The lowest BCUT2D eigenvalue weighted by Gasteiger charge is -2.25. The standard InChI is InChI=1S/C37H50N10O8/c1-23(2)16-30(35(52)53)46-34(51)29(18-26-19-40-22-43-26)45-33(50)28(17-24-10-5-3-6-11-24)44-31(48)20-42-32(49)27(14-9-15-41-36(38)39)47-37(54)55-21-25-12-7-4-8-13-25/h3-8,10-13,19,22-23,27-30H,9,14-18,20-21H2,1-2H3,(H,40,43)(H,42,49)(H,44,48)(H,45,50)(H,46,51)(H,47,54)(H,52,53)(H4,38,39,41). The highest BCUT2D eigenvalue weighted by Gasteiger charge is 2.31. The second-order valence-corrected chi connectivity index (χ2v) is 13.1. The number of hydrogen-bond donors (Lipinski definition) is 9. The van der Waals surface area contributed by atoms with Gasteiger partial charge in [-0.15, -0.1) is 0 Å². The second kappa shape index (κ2) is 22.6. The van der Waals surface area contributed by atoms with Crippen LogP contribution in [0.5, 0.6) is 0 Å². The van der Waals surface area contributed by atoms with E-state index in [1.165, 1.54) is 12.5 Å². The average Bonchev–Trinajstić information content (AvgIpc) is 3.67. The SMILES string of the molecule is CC(C)CC(NC(=O)C(Cc1cnc[nH]1)NC(=O)C(Cc1ccccc1)NC(=O)CNC(=O)C(CCCN=C(N)N)NC(=O)OCc1ccccc1)C(=O)O. The molecule has 0 spiro atoms. The zero-order valence-electron chi connectivity index (χ0n) is 30.8. The smallest absolute Gasteiger partial charge is 0.408 e. The number of benzene rings is 2. The molecular formula is C37H50N10O8. The molecule has 1 aromatic heterocycles. The van der Waals surface area contributed by atoms with Crippen LogP contribution in [0.15, 0.2) is 78.2 Å². The van der Waals surface area contributed by atoms with E-state index in [1.54, 1.807) is 54.6 Å². The Bertz CT molecular complexity index is 1720. The summed E-state index contributed by atoms with van der Waals surface area (Å²) in [6.07, 6.45) is 2.52. The largest absolute Gasteiger partial charge is 0.480 e. The van der Waals surface area contributed by atoms with Crippen molar-refractivity contribution in [2.45, 2.75) is 76.7 Å². The molecule has 4 unspecified atom stereocenters. The fourth-order valence-corrected chi connectivity index (χ4v) is 5.34. The minimum absolute atomic E-state index is 0.0120. The molecule has 18 nitrogen and oxygen atoms in total. The molecule has 11 N–H and O–H groups in total. The molecule has 0 radical (unpaired) electrons. The Kier molecular flexibility index (Phi) is 17.6. The number of aliphatic imine (C=N–C) groups is 1. The second-order valence-electron chi connectivity index (χ2n) is 13.1. The molecule has 0 saturated carbocycles. The number of H-pyrrole nitrogens is 1. The fourth-order valence-electron chi connectivity index (χ4n) is 5.34. The number of aromatic nitrogens is 2. The number of aromatic amines is 1. The quantitative estimate of drug-likeness (QED) is 0.0380. The zero-order valence-corrected chi connectivity index (χ0v) is 30.8. The number of nitrogens with one attached hydrogen (secondary N) is 6. The third-order valence-electron chi connectivity index (χ3n) is 8.06. The van der Waals surface area contributed by atoms with Crippen molar-refractivity contribution in [1.29, 1.82) is 0 Å². The number of rotatable bonds is 22. The van der Waals surface area contributed by atoms with Gasteiger partial charge in [0.15, 0.2) is 5.96 Å².